The van der Waals surface area contributed by atoms with Crippen molar-refractivity contribution in [2.24, 2.45) is 0 Å². The Morgan fingerprint density at radius 2 is 2.11 bits per heavy atom. The molecule has 0 rings (SSSR count). The molecule has 0 heterocycles. The molecule has 2 radical (unpaired) electrons. The van der Waals surface area contributed by atoms with Crippen molar-refractivity contribution in [2.45, 2.75) is 39.2 Å². The molecular formula is C8H17N. The third-order valence-corrected chi connectivity index (χ3v) is 1.41. The molecule has 1 heteroatoms. The molecule has 1 unspecified atom stereocenters. The van der Waals surface area contributed by atoms with Crippen LogP contribution < -0.4 is 5.32 Å². The van der Waals surface area contributed by atoms with Crippen molar-refractivity contribution < 1.29 is 0 Å². The van der Waals surface area contributed by atoms with Crippen molar-refractivity contribution in [1.82, 2.24) is 5.32 Å². The van der Waals surface area contributed by atoms with E-state index in [0.29, 0.717) is 6.04 Å². The van der Waals surface area contributed by atoms with Gasteiger partial charge < -0.3 is 5.32 Å². The van der Waals surface area contributed by atoms with Crippen LogP contribution in [0.1, 0.15) is 33.1 Å². The molecule has 0 bridgehead atoms. The van der Waals surface area contributed by atoms with Gasteiger partial charge in [-0.25, -0.2) is 0 Å². The van der Waals surface area contributed by atoms with E-state index in [4.69, 9.17) is 6.92 Å². The summed E-state index contributed by atoms with van der Waals surface area (Å²) >= 11 is 0. The molecule has 0 fully saturated rings. The van der Waals surface area contributed by atoms with E-state index in [2.05, 4.69) is 19.2 Å². The normalized spacial score (nSPS) is 13.7. The Kier molecular flexibility index (Phi) is 6.06. The fraction of sp³-hybridized carbons (Fsp3) is 0.875. The third-order valence-electron chi connectivity index (χ3n) is 1.41. The molecule has 54 valence electrons. The lowest BCUT2D eigenvalue weighted by atomic mass is 10.1. The zero-order valence-corrected chi connectivity index (χ0v) is 6.48. The Morgan fingerprint density at radius 1 is 1.44 bits per heavy atom. The Balaban J connectivity index is 3.18. The van der Waals surface area contributed by atoms with E-state index in [-0.39, 0.29) is 0 Å². The lowest BCUT2D eigenvalue weighted by Gasteiger charge is -2.13. The van der Waals surface area contributed by atoms with E-state index in [1.54, 1.807) is 0 Å². The second-order valence-corrected chi connectivity index (χ2v) is 2.28. The van der Waals surface area contributed by atoms with Crippen molar-refractivity contribution in [2.75, 3.05) is 6.54 Å². The Bertz CT molecular complexity index is 46.5. The van der Waals surface area contributed by atoms with Gasteiger partial charge in [-0.05, 0) is 26.3 Å². The van der Waals surface area contributed by atoms with Crippen molar-refractivity contribution in [3.8, 4) is 0 Å². The van der Waals surface area contributed by atoms with Gasteiger partial charge in [0.25, 0.3) is 0 Å². The summed E-state index contributed by atoms with van der Waals surface area (Å²) in [6, 6.07) is 0.542. The molecule has 0 saturated heterocycles. The molecular weight excluding hydrogens is 110 g/mol. The molecule has 0 aromatic rings. The lowest BCUT2D eigenvalue weighted by molar-refractivity contribution is 0.491. The maximum atomic E-state index is 5.48. The zero-order valence-electron chi connectivity index (χ0n) is 6.48. The first-order valence-electron chi connectivity index (χ1n) is 3.78. The topological polar surface area (TPSA) is 12.0 Å². The first-order chi connectivity index (χ1) is 4.35. The van der Waals surface area contributed by atoms with Crippen LogP contribution in [0, 0.1) is 6.92 Å². The first kappa shape index (κ1) is 8.96. The van der Waals surface area contributed by atoms with Crippen LogP contribution in [0.4, 0.5) is 0 Å². The van der Waals surface area contributed by atoms with Gasteiger partial charge in [0.15, 0.2) is 0 Å². The van der Waals surface area contributed by atoms with E-state index in [1.807, 2.05) is 0 Å². The van der Waals surface area contributed by atoms with Crippen LogP contribution in [0.3, 0.4) is 0 Å². The van der Waals surface area contributed by atoms with Gasteiger partial charge in [-0.1, -0.05) is 20.3 Å². The highest BCUT2D eigenvalue weighted by Crippen LogP contribution is 1.98. The molecule has 0 amide bonds. The van der Waals surface area contributed by atoms with Gasteiger partial charge >= 0.3 is 0 Å². The lowest BCUT2D eigenvalue weighted by Crippen LogP contribution is -2.27. The summed E-state index contributed by atoms with van der Waals surface area (Å²) in [7, 11) is 0. The quantitative estimate of drug-likeness (QED) is 0.594. The summed E-state index contributed by atoms with van der Waals surface area (Å²) in [6.45, 7) is 10.8. The van der Waals surface area contributed by atoms with Crippen LogP contribution in [-0.2, 0) is 0 Å². The fourth-order valence-corrected chi connectivity index (χ4v) is 0.940. The molecule has 0 aliphatic rings. The zero-order chi connectivity index (χ0) is 7.11. The van der Waals surface area contributed by atoms with Gasteiger partial charge in [0.05, 0.1) is 0 Å². The van der Waals surface area contributed by atoms with Crippen LogP contribution in [0.2, 0.25) is 0 Å². The smallest absolute Gasteiger partial charge is 0.00696 e. The summed E-state index contributed by atoms with van der Waals surface area (Å²) in [5.41, 5.74) is 0. The minimum Gasteiger partial charge on any atom is -0.314 e. The maximum absolute atomic E-state index is 5.48. The van der Waals surface area contributed by atoms with Crippen molar-refractivity contribution in [1.29, 1.82) is 0 Å². The highest BCUT2D eigenvalue weighted by Gasteiger charge is 1.99. The molecule has 0 aromatic heterocycles. The van der Waals surface area contributed by atoms with E-state index in [1.165, 1.54) is 12.8 Å². The second-order valence-electron chi connectivity index (χ2n) is 2.28. The monoisotopic (exact) mass is 127 g/mol. The molecule has 9 heavy (non-hydrogen) atoms. The summed E-state index contributed by atoms with van der Waals surface area (Å²) in [5, 5.41) is 3.31. The van der Waals surface area contributed by atoms with Crippen LogP contribution in [0.5, 0.6) is 0 Å². The minimum atomic E-state index is 0.542. The van der Waals surface area contributed by atoms with Gasteiger partial charge in [0.1, 0.15) is 0 Å². The molecule has 0 aliphatic heterocycles. The van der Waals surface area contributed by atoms with E-state index in [0.717, 1.165) is 13.0 Å². The predicted molar refractivity (Wildman–Crippen MR) is 41.3 cm³/mol. The van der Waals surface area contributed by atoms with Crippen molar-refractivity contribution in [3.05, 3.63) is 6.92 Å². The van der Waals surface area contributed by atoms with E-state index >= 15 is 0 Å². The van der Waals surface area contributed by atoms with Crippen molar-refractivity contribution in [3.63, 3.8) is 0 Å². The van der Waals surface area contributed by atoms with E-state index in [9.17, 15) is 0 Å². The van der Waals surface area contributed by atoms with Gasteiger partial charge in [-0.3, -0.25) is 0 Å². The average Bonchev–Trinajstić information content (AvgIpc) is 1.88. The van der Waals surface area contributed by atoms with Gasteiger partial charge in [-0.15, -0.1) is 0 Å². The molecule has 1 atom stereocenters. The van der Waals surface area contributed by atoms with Gasteiger partial charge in [-0.2, -0.15) is 0 Å². The van der Waals surface area contributed by atoms with E-state index < -0.39 is 0 Å². The second kappa shape index (κ2) is 6.09. The largest absolute Gasteiger partial charge is 0.314 e. The minimum absolute atomic E-state index is 0.542. The van der Waals surface area contributed by atoms with Gasteiger partial charge in [0.2, 0.25) is 0 Å². The van der Waals surface area contributed by atoms with Crippen molar-refractivity contribution >= 4 is 0 Å². The first-order valence-corrected chi connectivity index (χ1v) is 3.78. The standard InChI is InChI=1S/C8H17N/c1-4-7-8(5-2)9-6-3/h2,8-9H,4-7H2,1,3H3. The van der Waals surface area contributed by atoms with Crippen LogP contribution in [-0.4, -0.2) is 12.6 Å². The van der Waals surface area contributed by atoms with Crippen LogP contribution in [0.25, 0.3) is 0 Å². The molecule has 1 N–H and O–H groups in total. The summed E-state index contributed by atoms with van der Waals surface area (Å²) in [5.74, 6) is 0. The molecule has 1 nitrogen and oxygen atoms in total. The predicted octanol–water partition coefficient (Wildman–Crippen LogP) is 1.87. The molecule has 0 aromatic carbocycles. The SMILES string of the molecule is [CH]CC(CCC)NCC. The highest BCUT2D eigenvalue weighted by molar-refractivity contribution is 4.65. The molecule has 0 saturated carbocycles. The molecule has 0 spiro atoms. The number of hydrogen-bond donors (Lipinski definition) is 1. The van der Waals surface area contributed by atoms with Crippen LogP contribution in [0.15, 0.2) is 0 Å². The van der Waals surface area contributed by atoms with Crippen LogP contribution >= 0.6 is 0 Å². The van der Waals surface area contributed by atoms with Gasteiger partial charge in [0, 0.05) is 6.04 Å². The Hall–Kier alpha value is -0.0400. The fourth-order valence-electron chi connectivity index (χ4n) is 0.940. The third kappa shape index (κ3) is 4.46. The molecule has 0 aliphatic carbocycles. The highest BCUT2D eigenvalue weighted by atomic mass is 14.9. The number of nitrogens with one attached hydrogen (secondary N) is 1. The Morgan fingerprint density at radius 3 is 2.44 bits per heavy atom. The average molecular weight is 127 g/mol. The summed E-state index contributed by atoms with van der Waals surface area (Å²) in [6.07, 6.45) is 3.18. The summed E-state index contributed by atoms with van der Waals surface area (Å²) < 4.78 is 0. The Labute approximate surface area is 58.8 Å². The number of hydrogen-bond acceptors (Lipinski definition) is 1. The number of rotatable bonds is 5. The summed E-state index contributed by atoms with van der Waals surface area (Å²) in [4.78, 5) is 0. The maximum Gasteiger partial charge on any atom is 0.00696 e.